The smallest absolute Gasteiger partial charge is 0.239 e. The molecule has 63 heavy (non-hydrogen) atoms. The highest BCUT2D eigenvalue weighted by molar-refractivity contribution is 6.03. The van der Waals surface area contributed by atoms with E-state index in [1.165, 1.54) is 12.8 Å². The van der Waals surface area contributed by atoms with Gasteiger partial charge in [-0.1, -0.05) is 74.6 Å². The van der Waals surface area contributed by atoms with E-state index in [0.29, 0.717) is 67.8 Å². The Morgan fingerprint density at radius 2 is 1.67 bits per heavy atom. The van der Waals surface area contributed by atoms with Gasteiger partial charge in [-0.25, -0.2) is 0 Å². The highest BCUT2D eigenvalue weighted by atomic mass is 16.8. The molecule has 8 rings (SSSR count). The number of oxime groups is 1. The molecule has 3 aliphatic carbocycles. The SMILES string of the molecule is C=CCOc1ccc2c(c1)C1C(CCCCO)C(CCCCO)C=C3C(=NOC4CCCCO4)CC(N(Cc4ccc5c(c4)OCO5)C(=O)CCC4CCCC4)C(OCC=C)(O2)C31. The first-order valence-corrected chi connectivity index (χ1v) is 23.7. The van der Waals surface area contributed by atoms with Crippen LogP contribution in [0, 0.1) is 23.7 Å². The number of nitrogens with zero attached hydrogens (tertiary/aromatic N) is 2. The zero-order chi connectivity index (χ0) is 43.6. The van der Waals surface area contributed by atoms with Crippen LogP contribution in [0.1, 0.15) is 120 Å². The maximum absolute atomic E-state index is 15.3. The van der Waals surface area contributed by atoms with Gasteiger partial charge in [0, 0.05) is 50.5 Å². The summed E-state index contributed by atoms with van der Waals surface area (Å²) in [5.74, 6) is 1.54. The Morgan fingerprint density at radius 1 is 0.889 bits per heavy atom. The second-order valence-electron chi connectivity index (χ2n) is 18.2. The molecule has 3 heterocycles. The molecule has 0 spiro atoms. The van der Waals surface area contributed by atoms with Gasteiger partial charge in [0.15, 0.2) is 11.5 Å². The number of carbonyl (C=O) groups excluding carboxylic acids is 1. The topological polar surface area (TPSA) is 138 Å². The maximum atomic E-state index is 15.3. The molecule has 6 aliphatic rings. The van der Waals surface area contributed by atoms with Gasteiger partial charge < -0.3 is 48.4 Å². The van der Waals surface area contributed by atoms with Gasteiger partial charge in [-0.3, -0.25) is 4.79 Å². The lowest BCUT2D eigenvalue weighted by atomic mass is 9.55. The number of aliphatic hydroxyl groups is 2. The van der Waals surface area contributed by atoms with Crippen LogP contribution in [0.25, 0.3) is 0 Å². The summed E-state index contributed by atoms with van der Waals surface area (Å²) in [7, 11) is 0. The van der Waals surface area contributed by atoms with Crippen LogP contribution < -0.4 is 18.9 Å². The standard InChI is InChI=1S/C51H68N2O10/c1-3-26-57-38-20-22-43-41(31-38)49-39(16-8-11-25-55)37(15-7-10-24-54)30-40-42(52-63-48-17-9-12-28-58-48)32-46(51(62-43,50(40)49)61-27-4-2)53(47(56)23-19-35-13-5-6-14-35)33-36-18-21-44-45(29-36)60-34-59-44/h3-4,18,20-22,29-31,35,37,39,46,48-50,54-55H,1-2,5-17,19,23-28,32-34H2. The minimum Gasteiger partial charge on any atom is -0.490 e. The lowest BCUT2D eigenvalue weighted by Crippen LogP contribution is -2.70. The molecule has 2 aromatic carbocycles. The van der Waals surface area contributed by atoms with Gasteiger partial charge in [-0.2, -0.15) is 0 Å². The molecule has 2 aromatic rings. The van der Waals surface area contributed by atoms with Crippen LogP contribution in [-0.2, 0) is 25.7 Å². The third-order valence-corrected chi connectivity index (χ3v) is 14.2. The number of unbranched alkanes of at least 4 members (excludes halogenated alkanes) is 2. The first-order valence-electron chi connectivity index (χ1n) is 23.7. The predicted molar refractivity (Wildman–Crippen MR) is 240 cm³/mol. The maximum Gasteiger partial charge on any atom is 0.239 e. The summed E-state index contributed by atoms with van der Waals surface area (Å²) in [6, 6.07) is 11.3. The van der Waals surface area contributed by atoms with Gasteiger partial charge in [-0.05, 0) is 104 Å². The van der Waals surface area contributed by atoms with E-state index < -0.39 is 24.0 Å². The van der Waals surface area contributed by atoms with Gasteiger partial charge in [0.2, 0.25) is 24.8 Å². The second-order valence-corrected chi connectivity index (χ2v) is 18.2. The fourth-order valence-corrected chi connectivity index (χ4v) is 11.2. The normalized spacial score (nSPS) is 27.8. The number of amides is 1. The van der Waals surface area contributed by atoms with E-state index in [1.807, 2.05) is 35.2 Å². The van der Waals surface area contributed by atoms with Gasteiger partial charge in [0.05, 0.1) is 24.8 Å². The summed E-state index contributed by atoms with van der Waals surface area (Å²) in [6.45, 7) is 9.82. The average molecular weight is 869 g/mol. The van der Waals surface area contributed by atoms with Crippen LogP contribution in [0.5, 0.6) is 23.0 Å². The molecule has 0 bridgehead atoms. The molecule has 0 aromatic heterocycles. The Labute approximate surface area is 373 Å². The zero-order valence-corrected chi connectivity index (χ0v) is 37.0. The Morgan fingerprint density at radius 3 is 2.44 bits per heavy atom. The Hall–Kier alpha value is -4.36. The number of hydrogen-bond acceptors (Lipinski definition) is 11. The molecule has 1 amide bonds. The molecule has 342 valence electrons. The van der Waals surface area contributed by atoms with E-state index in [9.17, 15) is 10.2 Å². The number of fused-ring (bicyclic) bond motifs is 3. The fourth-order valence-electron chi connectivity index (χ4n) is 11.2. The molecule has 1 saturated heterocycles. The predicted octanol–water partition coefficient (Wildman–Crippen LogP) is 9.14. The second kappa shape index (κ2) is 21.5. The van der Waals surface area contributed by atoms with Gasteiger partial charge in [-0.15, -0.1) is 6.58 Å². The molecule has 2 N–H and O–H groups in total. The largest absolute Gasteiger partial charge is 0.490 e. The van der Waals surface area contributed by atoms with Crippen LogP contribution in [0.2, 0.25) is 0 Å². The number of carbonyl (C=O) groups is 1. The van der Waals surface area contributed by atoms with Crippen LogP contribution in [0.3, 0.4) is 0 Å². The van der Waals surface area contributed by atoms with Crippen molar-refractivity contribution >= 4 is 11.6 Å². The minimum atomic E-state index is -1.37. The van der Waals surface area contributed by atoms with Crippen molar-refractivity contribution in [3.8, 4) is 23.0 Å². The van der Waals surface area contributed by atoms with Crippen molar-refractivity contribution in [2.75, 3.05) is 39.8 Å². The Balaban J connectivity index is 1.31. The van der Waals surface area contributed by atoms with Crippen molar-refractivity contribution in [1.82, 2.24) is 4.90 Å². The van der Waals surface area contributed by atoms with Crippen LogP contribution in [0.4, 0.5) is 0 Å². The molecule has 2 saturated carbocycles. The highest BCUT2D eigenvalue weighted by Crippen LogP contribution is 2.62. The third-order valence-electron chi connectivity index (χ3n) is 14.2. The number of rotatable bonds is 22. The van der Waals surface area contributed by atoms with E-state index in [2.05, 4.69) is 25.3 Å². The molecule has 7 unspecified atom stereocenters. The monoisotopic (exact) mass is 868 g/mol. The number of benzene rings is 2. The molecular weight excluding hydrogens is 801 g/mol. The summed E-state index contributed by atoms with van der Waals surface area (Å²) >= 11 is 0. The van der Waals surface area contributed by atoms with Crippen LogP contribution in [-0.4, -0.2) is 84.7 Å². The third kappa shape index (κ3) is 10.1. The molecule has 12 nitrogen and oxygen atoms in total. The summed E-state index contributed by atoms with van der Waals surface area (Å²) in [4.78, 5) is 23.6. The van der Waals surface area contributed by atoms with E-state index in [-0.39, 0.29) is 56.8 Å². The first-order chi connectivity index (χ1) is 31.0. The van der Waals surface area contributed by atoms with Crippen molar-refractivity contribution in [2.24, 2.45) is 28.8 Å². The number of ether oxygens (including phenoxy) is 6. The van der Waals surface area contributed by atoms with Gasteiger partial charge in [0.1, 0.15) is 24.1 Å². The van der Waals surface area contributed by atoms with Crippen molar-refractivity contribution in [2.45, 2.75) is 133 Å². The van der Waals surface area contributed by atoms with Crippen molar-refractivity contribution in [1.29, 1.82) is 0 Å². The van der Waals surface area contributed by atoms with E-state index >= 15 is 4.79 Å². The number of hydrogen-bond donors (Lipinski definition) is 2. The van der Waals surface area contributed by atoms with Crippen molar-refractivity contribution < 1.29 is 48.3 Å². The lowest BCUT2D eigenvalue weighted by molar-refractivity contribution is -0.258. The Bertz CT molecular complexity index is 1940. The van der Waals surface area contributed by atoms with Crippen molar-refractivity contribution in [3.05, 3.63) is 84.5 Å². The summed E-state index contributed by atoms with van der Waals surface area (Å²) in [5.41, 5.74) is 3.67. The van der Waals surface area contributed by atoms with Crippen molar-refractivity contribution in [3.63, 3.8) is 0 Å². The van der Waals surface area contributed by atoms with E-state index in [0.717, 1.165) is 86.6 Å². The molecule has 3 aliphatic heterocycles. The molecule has 12 heteroatoms. The fraction of sp³-hybridized carbons (Fsp3) is 0.608. The van der Waals surface area contributed by atoms with Gasteiger partial charge >= 0.3 is 0 Å². The molecule has 7 atom stereocenters. The molecule has 3 fully saturated rings. The van der Waals surface area contributed by atoms with Gasteiger partial charge in [0.25, 0.3) is 0 Å². The van der Waals surface area contributed by atoms with Crippen LogP contribution >= 0.6 is 0 Å². The summed E-state index contributed by atoms with van der Waals surface area (Å²) in [5, 5.41) is 25.0. The lowest BCUT2D eigenvalue weighted by Gasteiger charge is -2.60. The zero-order valence-electron chi connectivity index (χ0n) is 37.0. The summed E-state index contributed by atoms with van der Waals surface area (Å²) < 4.78 is 38.5. The molecular formula is C51H68N2O10. The van der Waals surface area contributed by atoms with E-state index in [1.54, 1.807) is 12.2 Å². The van der Waals surface area contributed by atoms with E-state index in [4.69, 9.17) is 38.4 Å². The summed E-state index contributed by atoms with van der Waals surface area (Å²) in [6.07, 6.45) is 19.1. The average Bonchev–Trinajstić information content (AvgIpc) is 4.02. The Kier molecular flexibility index (Phi) is 15.5. The number of allylic oxidation sites excluding steroid dienone is 1. The first kappa shape index (κ1) is 45.2. The number of aliphatic hydroxyl groups excluding tert-OH is 2. The highest BCUT2D eigenvalue weighted by Gasteiger charge is 2.65. The molecule has 0 radical (unpaired) electrons. The quantitative estimate of drug-likeness (QED) is 0.0670. The van der Waals surface area contributed by atoms with Crippen LogP contribution in [0.15, 0.2) is 78.5 Å². The minimum absolute atomic E-state index is 0.0331.